The highest BCUT2D eigenvalue weighted by molar-refractivity contribution is 6.06. The van der Waals surface area contributed by atoms with Crippen molar-refractivity contribution < 1.29 is 18.0 Å². The van der Waals surface area contributed by atoms with Crippen molar-refractivity contribution >= 4 is 11.6 Å². The van der Waals surface area contributed by atoms with Crippen LogP contribution in [0.15, 0.2) is 60.7 Å². The van der Waals surface area contributed by atoms with Gasteiger partial charge >= 0.3 is 6.18 Å². The monoisotopic (exact) mass is 372 g/mol. The van der Waals surface area contributed by atoms with Crippen LogP contribution in [0, 0.1) is 13.8 Å². The van der Waals surface area contributed by atoms with E-state index in [0.29, 0.717) is 22.6 Å². The fraction of sp³-hybridized carbons (Fsp3) is 0.190. The van der Waals surface area contributed by atoms with Crippen molar-refractivity contribution in [3.8, 4) is 5.69 Å². The zero-order valence-electron chi connectivity index (χ0n) is 15.2. The Balaban J connectivity index is 2.08. The summed E-state index contributed by atoms with van der Waals surface area (Å²) in [4.78, 5) is 14.4. The first-order chi connectivity index (χ1) is 12.7. The van der Waals surface area contributed by atoms with Gasteiger partial charge in [-0.15, -0.1) is 0 Å². The Morgan fingerprint density at radius 3 is 2.19 bits per heavy atom. The second-order valence-corrected chi connectivity index (χ2v) is 6.33. The van der Waals surface area contributed by atoms with E-state index in [1.54, 1.807) is 45.2 Å². The zero-order valence-corrected chi connectivity index (χ0v) is 15.2. The fourth-order valence-corrected chi connectivity index (χ4v) is 3.21. The van der Waals surface area contributed by atoms with Crippen LogP contribution in [0.4, 0.5) is 18.9 Å². The molecule has 0 radical (unpaired) electrons. The Hall–Kier alpha value is -3.02. The molecule has 0 unspecified atom stereocenters. The SMILES string of the molecule is Cc1cc(C(=O)N(C)c2ccccc2)c(C)n1-c1ccccc1C(F)(F)F. The van der Waals surface area contributed by atoms with Gasteiger partial charge in [0.15, 0.2) is 0 Å². The molecule has 0 aliphatic heterocycles. The highest BCUT2D eigenvalue weighted by atomic mass is 19.4. The number of carbonyl (C=O) groups excluding carboxylic acids is 1. The summed E-state index contributed by atoms with van der Waals surface area (Å²) in [6, 6.07) is 16.1. The van der Waals surface area contributed by atoms with Crippen LogP contribution in [0.5, 0.6) is 0 Å². The number of para-hydroxylation sites is 2. The van der Waals surface area contributed by atoms with Gasteiger partial charge in [-0.05, 0) is 44.2 Å². The van der Waals surface area contributed by atoms with E-state index >= 15 is 0 Å². The quantitative estimate of drug-likeness (QED) is 0.605. The second kappa shape index (κ2) is 6.95. The topological polar surface area (TPSA) is 25.2 Å². The van der Waals surface area contributed by atoms with E-state index in [1.807, 2.05) is 18.2 Å². The average molecular weight is 372 g/mol. The largest absolute Gasteiger partial charge is 0.418 e. The molecule has 0 fully saturated rings. The number of benzene rings is 2. The van der Waals surface area contributed by atoms with E-state index in [4.69, 9.17) is 0 Å². The van der Waals surface area contributed by atoms with E-state index in [-0.39, 0.29) is 11.6 Å². The van der Waals surface area contributed by atoms with Gasteiger partial charge in [0.25, 0.3) is 5.91 Å². The molecule has 0 saturated carbocycles. The molecule has 6 heteroatoms. The van der Waals surface area contributed by atoms with Gasteiger partial charge in [0.1, 0.15) is 0 Å². The number of halogens is 3. The normalized spacial score (nSPS) is 11.5. The standard InChI is InChI=1S/C21H19F3N2O/c1-14-13-17(20(27)25(3)16-9-5-4-6-10-16)15(2)26(14)19-12-8-7-11-18(19)21(22,23)24/h4-13H,1-3H3. The molecule has 3 aromatic rings. The Morgan fingerprint density at radius 2 is 1.56 bits per heavy atom. The van der Waals surface area contributed by atoms with Crippen molar-refractivity contribution in [1.29, 1.82) is 0 Å². The molecule has 140 valence electrons. The van der Waals surface area contributed by atoms with E-state index in [9.17, 15) is 18.0 Å². The van der Waals surface area contributed by atoms with Crippen LogP contribution in [0.1, 0.15) is 27.3 Å². The molecule has 1 aromatic heterocycles. The summed E-state index contributed by atoms with van der Waals surface area (Å²) >= 11 is 0. The minimum Gasteiger partial charge on any atom is -0.317 e. The van der Waals surface area contributed by atoms with Crippen LogP contribution >= 0.6 is 0 Å². The first-order valence-corrected chi connectivity index (χ1v) is 8.40. The number of anilines is 1. The number of nitrogens with zero attached hydrogens (tertiary/aromatic N) is 2. The molecule has 27 heavy (non-hydrogen) atoms. The lowest BCUT2D eigenvalue weighted by molar-refractivity contribution is -0.137. The summed E-state index contributed by atoms with van der Waals surface area (Å²) in [5, 5.41) is 0. The fourth-order valence-electron chi connectivity index (χ4n) is 3.21. The molecule has 0 N–H and O–H groups in total. The molecule has 3 rings (SSSR count). The summed E-state index contributed by atoms with van der Waals surface area (Å²) in [7, 11) is 1.65. The maximum Gasteiger partial charge on any atom is 0.418 e. The number of carbonyl (C=O) groups is 1. The molecule has 0 aliphatic rings. The third kappa shape index (κ3) is 3.47. The minimum atomic E-state index is -4.48. The number of hydrogen-bond donors (Lipinski definition) is 0. The zero-order chi connectivity index (χ0) is 19.8. The Labute approximate surface area is 155 Å². The molecule has 0 atom stereocenters. The Bertz CT molecular complexity index is 975. The number of aromatic nitrogens is 1. The highest BCUT2D eigenvalue weighted by Crippen LogP contribution is 2.35. The van der Waals surface area contributed by atoms with Crippen molar-refractivity contribution in [3.05, 3.63) is 83.2 Å². The summed E-state index contributed by atoms with van der Waals surface area (Å²) in [5.41, 5.74) is 1.40. The number of rotatable bonds is 3. The number of hydrogen-bond acceptors (Lipinski definition) is 1. The smallest absolute Gasteiger partial charge is 0.317 e. The van der Waals surface area contributed by atoms with Gasteiger partial charge < -0.3 is 9.47 Å². The summed E-state index contributed by atoms with van der Waals surface area (Å²) in [6.45, 7) is 3.35. The maximum absolute atomic E-state index is 13.4. The summed E-state index contributed by atoms with van der Waals surface area (Å²) in [5.74, 6) is -0.273. The molecule has 0 spiro atoms. The van der Waals surface area contributed by atoms with Crippen LogP contribution in [0.3, 0.4) is 0 Å². The summed E-state index contributed by atoms with van der Waals surface area (Å²) < 4.78 is 41.8. The second-order valence-electron chi connectivity index (χ2n) is 6.33. The van der Waals surface area contributed by atoms with Crippen LogP contribution in [0.25, 0.3) is 5.69 Å². The van der Waals surface area contributed by atoms with Crippen molar-refractivity contribution in [3.63, 3.8) is 0 Å². The lowest BCUT2D eigenvalue weighted by Gasteiger charge is -2.19. The third-order valence-electron chi connectivity index (χ3n) is 4.56. The van der Waals surface area contributed by atoms with Crippen LogP contribution in [0.2, 0.25) is 0 Å². The molecule has 2 aromatic carbocycles. The predicted octanol–water partition coefficient (Wildman–Crippen LogP) is 5.39. The molecule has 0 aliphatic carbocycles. The van der Waals surface area contributed by atoms with Crippen LogP contribution < -0.4 is 4.90 Å². The predicted molar refractivity (Wildman–Crippen MR) is 99.4 cm³/mol. The molecule has 1 amide bonds. The Morgan fingerprint density at radius 1 is 0.963 bits per heavy atom. The van der Waals surface area contributed by atoms with Crippen molar-refractivity contribution in [2.45, 2.75) is 20.0 Å². The number of aryl methyl sites for hydroxylation is 1. The number of alkyl halides is 3. The molecule has 3 nitrogen and oxygen atoms in total. The van der Waals surface area contributed by atoms with E-state index in [1.165, 1.54) is 21.6 Å². The molecular formula is C21H19F3N2O. The Kier molecular flexibility index (Phi) is 4.83. The molecule has 1 heterocycles. The van der Waals surface area contributed by atoms with Crippen molar-refractivity contribution in [1.82, 2.24) is 4.57 Å². The molecule has 0 saturated heterocycles. The van der Waals surface area contributed by atoms with E-state index in [0.717, 1.165) is 6.07 Å². The van der Waals surface area contributed by atoms with Gasteiger partial charge in [-0.1, -0.05) is 30.3 Å². The van der Waals surface area contributed by atoms with Crippen molar-refractivity contribution in [2.24, 2.45) is 0 Å². The van der Waals surface area contributed by atoms with Gasteiger partial charge in [0.05, 0.1) is 16.8 Å². The van der Waals surface area contributed by atoms with Gasteiger partial charge in [-0.3, -0.25) is 4.79 Å². The maximum atomic E-state index is 13.4. The summed E-state index contributed by atoms with van der Waals surface area (Å²) in [6.07, 6.45) is -4.48. The van der Waals surface area contributed by atoms with Gasteiger partial charge in [-0.25, -0.2) is 0 Å². The minimum absolute atomic E-state index is 0.0152. The average Bonchev–Trinajstić information content (AvgIpc) is 2.94. The van der Waals surface area contributed by atoms with Gasteiger partial charge in [-0.2, -0.15) is 13.2 Å². The van der Waals surface area contributed by atoms with Gasteiger partial charge in [0, 0.05) is 24.1 Å². The van der Waals surface area contributed by atoms with Crippen LogP contribution in [-0.4, -0.2) is 17.5 Å². The van der Waals surface area contributed by atoms with Crippen LogP contribution in [-0.2, 0) is 6.18 Å². The third-order valence-corrected chi connectivity index (χ3v) is 4.56. The number of amides is 1. The first kappa shape index (κ1) is 18.8. The van der Waals surface area contributed by atoms with Crippen molar-refractivity contribution in [2.75, 3.05) is 11.9 Å². The van der Waals surface area contributed by atoms with E-state index < -0.39 is 11.7 Å². The molecule has 0 bridgehead atoms. The van der Waals surface area contributed by atoms with E-state index in [2.05, 4.69) is 0 Å². The lowest BCUT2D eigenvalue weighted by atomic mass is 10.1. The highest BCUT2D eigenvalue weighted by Gasteiger charge is 2.34. The first-order valence-electron chi connectivity index (χ1n) is 8.40. The lowest BCUT2D eigenvalue weighted by Crippen LogP contribution is -2.26. The molecular weight excluding hydrogens is 353 g/mol. The van der Waals surface area contributed by atoms with Gasteiger partial charge in [0.2, 0.25) is 0 Å².